The van der Waals surface area contributed by atoms with E-state index in [0.29, 0.717) is 24.8 Å². The van der Waals surface area contributed by atoms with Crippen molar-refractivity contribution in [2.45, 2.75) is 99.7 Å². The summed E-state index contributed by atoms with van der Waals surface area (Å²) < 4.78 is 11.6. The molecule has 4 aliphatic carbocycles. The highest BCUT2D eigenvalue weighted by molar-refractivity contribution is 5.98. The predicted molar refractivity (Wildman–Crippen MR) is 151 cm³/mol. The van der Waals surface area contributed by atoms with Gasteiger partial charge in [0.1, 0.15) is 6.10 Å². The Balaban J connectivity index is 1.93. The van der Waals surface area contributed by atoms with Crippen LogP contribution in [0.2, 0.25) is 0 Å². The summed E-state index contributed by atoms with van der Waals surface area (Å²) in [7, 11) is 0. The van der Waals surface area contributed by atoms with E-state index in [-0.39, 0.29) is 41.8 Å². The van der Waals surface area contributed by atoms with Crippen molar-refractivity contribution in [3.05, 3.63) is 34.9 Å². The molecular formula is C33H44O8. The second-order valence-corrected chi connectivity index (χ2v) is 13.5. The van der Waals surface area contributed by atoms with Crippen LogP contribution in [0.3, 0.4) is 0 Å². The van der Waals surface area contributed by atoms with Crippen LogP contribution < -0.4 is 0 Å². The Bertz CT molecular complexity index is 1270. The summed E-state index contributed by atoms with van der Waals surface area (Å²) >= 11 is 0. The standard InChI is InChI=1S/C33H44O8/c1-17(2)10-9-11-21(30(38)39)26-22-12-13-25-31(6)15-14-23(36)18(3)27(31)28(41-20(5)35)29(37)33(25,8)32(22,7)16-24(26)40-19(4)34/h10,14-15,18,22,24-25,27-28H,9,11-13,16H2,1-8H3,(H,38,39)/b26-21-/t18-,22+,24+,25+,27-,28+,31-,32+,33-/m1/s1. The number of aliphatic carboxylic acids is 1. The highest BCUT2D eigenvalue weighted by atomic mass is 16.5. The van der Waals surface area contributed by atoms with Crippen molar-refractivity contribution < 1.29 is 38.6 Å². The Kier molecular flexibility index (Phi) is 8.04. The quantitative estimate of drug-likeness (QED) is 0.257. The predicted octanol–water partition coefficient (Wildman–Crippen LogP) is 5.40. The molecule has 0 saturated heterocycles. The monoisotopic (exact) mass is 568 g/mol. The van der Waals surface area contributed by atoms with Crippen molar-refractivity contribution in [3.63, 3.8) is 0 Å². The summed E-state index contributed by atoms with van der Waals surface area (Å²) in [6.45, 7) is 14.3. The minimum Gasteiger partial charge on any atom is -0.478 e. The highest BCUT2D eigenvalue weighted by Crippen LogP contribution is 2.73. The molecule has 4 rings (SSSR count). The van der Waals surface area contributed by atoms with Crippen LogP contribution in [-0.4, -0.2) is 46.8 Å². The van der Waals surface area contributed by atoms with Crippen LogP contribution >= 0.6 is 0 Å². The number of hydrogen-bond acceptors (Lipinski definition) is 7. The average molecular weight is 569 g/mol. The van der Waals surface area contributed by atoms with Gasteiger partial charge in [0.05, 0.1) is 0 Å². The summed E-state index contributed by atoms with van der Waals surface area (Å²) in [6.07, 6.45) is 5.95. The number of hydrogen-bond donors (Lipinski definition) is 1. The molecule has 9 atom stereocenters. The lowest BCUT2D eigenvalue weighted by molar-refractivity contribution is -0.207. The van der Waals surface area contributed by atoms with E-state index in [1.165, 1.54) is 13.8 Å². The molecule has 0 aliphatic heterocycles. The molecule has 0 spiro atoms. The molecule has 0 amide bonds. The van der Waals surface area contributed by atoms with Crippen LogP contribution in [0.1, 0.15) is 87.5 Å². The van der Waals surface area contributed by atoms with E-state index >= 15 is 0 Å². The van der Waals surface area contributed by atoms with Crippen LogP contribution in [0, 0.1) is 39.9 Å². The van der Waals surface area contributed by atoms with Crippen LogP contribution in [0.25, 0.3) is 0 Å². The third-order valence-electron chi connectivity index (χ3n) is 11.0. The average Bonchev–Trinajstić information content (AvgIpc) is 3.14. The first kappa shape index (κ1) is 30.9. The van der Waals surface area contributed by atoms with Gasteiger partial charge >= 0.3 is 17.9 Å². The number of ether oxygens (including phenoxy) is 2. The maximum atomic E-state index is 14.7. The largest absolute Gasteiger partial charge is 0.478 e. The first-order valence-corrected chi connectivity index (χ1v) is 14.7. The third kappa shape index (κ3) is 4.71. The fourth-order valence-electron chi connectivity index (χ4n) is 9.19. The molecule has 0 aromatic carbocycles. The molecule has 0 unspecified atom stereocenters. The Labute approximate surface area is 242 Å². The summed E-state index contributed by atoms with van der Waals surface area (Å²) in [5.74, 6) is -3.98. The summed E-state index contributed by atoms with van der Waals surface area (Å²) in [5.41, 5.74) is -0.526. The molecule has 0 bridgehead atoms. The van der Waals surface area contributed by atoms with Gasteiger partial charge in [0, 0.05) is 36.7 Å². The second-order valence-electron chi connectivity index (χ2n) is 13.5. The van der Waals surface area contributed by atoms with E-state index in [1.54, 1.807) is 13.0 Å². The Hall–Kier alpha value is -3.03. The zero-order valence-electron chi connectivity index (χ0n) is 25.5. The van der Waals surface area contributed by atoms with Gasteiger partial charge < -0.3 is 14.6 Å². The Morgan fingerprint density at radius 3 is 2.22 bits per heavy atom. The number of carboxylic acid groups (broad SMARTS) is 1. The number of carboxylic acids is 1. The number of carbonyl (C=O) groups is 5. The van der Waals surface area contributed by atoms with E-state index in [4.69, 9.17) is 9.47 Å². The Morgan fingerprint density at radius 1 is 1.02 bits per heavy atom. The van der Waals surface area contributed by atoms with Crippen LogP contribution in [-0.2, 0) is 33.4 Å². The summed E-state index contributed by atoms with van der Waals surface area (Å²) in [4.78, 5) is 64.9. The number of allylic oxidation sites excluding steroid dienone is 4. The van der Waals surface area contributed by atoms with E-state index in [9.17, 15) is 29.1 Å². The second kappa shape index (κ2) is 10.7. The molecular weight excluding hydrogens is 524 g/mol. The van der Waals surface area contributed by atoms with Gasteiger partial charge in [-0.05, 0) is 80.3 Å². The lowest BCUT2D eigenvalue weighted by atomic mass is 9.37. The number of fused-ring (bicyclic) bond motifs is 5. The molecule has 41 heavy (non-hydrogen) atoms. The van der Waals surface area contributed by atoms with E-state index in [0.717, 1.165) is 5.57 Å². The van der Waals surface area contributed by atoms with Crippen molar-refractivity contribution in [3.8, 4) is 0 Å². The Morgan fingerprint density at radius 2 is 1.66 bits per heavy atom. The number of carbonyl (C=O) groups excluding carboxylic acids is 4. The molecule has 0 aromatic heterocycles. The molecule has 224 valence electrons. The van der Waals surface area contributed by atoms with Gasteiger partial charge in [0.2, 0.25) is 0 Å². The minimum atomic E-state index is -1.12. The van der Waals surface area contributed by atoms with Crippen molar-refractivity contribution in [2.75, 3.05) is 0 Å². The van der Waals surface area contributed by atoms with Crippen molar-refractivity contribution >= 4 is 29.5 Å². The third-order valence-corrected chi connectivity index (χ3v) is 11.0. The lowest BCUT2D eigenvalue weighted by Crippen LogP contribution is -2.69. The molecule has 0 aromatic rings. The topological polar surface area (TPSA) is 124 Å². The van der Waals surface area contributed by atoms with Gasteiger partial charge in [-0.3, -0.25) is 19.2 Å². The molecule has 8 heteroatoms. The molecule has 3 fully saturated rings. The molecule has 1 N–H and O–H groups in total. The smallest absolute Gasteiger partial charge is 0.331 e. The van der Waals surface area contributed by atoms with Gasteiger partial charge in [-0.25, -0.2) is 4.79 Å². The fraction of sp³-hybridized carbons (Fsp3) is 0.667. The summed E-state index contributed by atoms with van der Waals surface area (Å²) in [6, 6.07) is 0. The van der Waals surface area contributed by atoms with Crippen molar-refractivity contribution in [1.29, 1.82) is 0 Å². The highest BCUT2D eigenvalue weighted by Gasteiger charge is 2.74. The van der Waals surface area contributed by atoms with E-state index < -0.39 is 58.2 Å². The van der Waals surface area contributed by atoms with Gasteiger partial charge in [-0.2, -0.15) is 0 Å². The molecule has 8 nitrogen and oxygen atoms in total. The molecule has 3 saturated carbocycles. The maximum absolute atomic E-state index is 14.7. The van der Waals surface area contributed by atoms with E-state index in [2.05, 4.69) is 6.92 Å². The summed E-state index contributed by atoms with van der Waals surface area (Å²) in [5, 5.41) is 10.4. The number of esters is 2. The zero-order valence-corrected chi connectivity index (χ0v) is 25.5. The normalized spacial score (nSPS) is 40.6. The van der Waals surface area contributed by atoms with Gasteiger partial charge in [0.15, 0.2) is 17.7 Å². The van der Waals surface area contributed by atoms with Crippen LogP contribution in [0.15, 0.2) is 34.9 Å². The fourth-order valence-corrected chi connectivity index (χ4v) is 9.19. The molecule has 4 aliphatic rings. The van der Waals surface area contributed by atoms with Crippen LogP contribution in [0.4, 0.5) is 0 Å². The number of ketones is 2. The maximum Gasteiger partial charge on any atom is 0.331 e. The van der Waals surface area contributed by atoms with Crippen molar-refractivity contribution in [1.82, 2.24) is 0 Å². The van der Waals surface area contributed by atoms with Gasteiger partial charge in [-0.1, -0.05) is 45.4 Å². The van der Waals surface area contributed by atoms with E-state index in [1.807, 2.05) is 39.8 Å². The first-order valence-electron chi connectivity index (χ1n) is 14.7. The minimum absolute atomic E-state index is 0.0931. The zero-order chi connectivity index (χ0) is 30.7. The molecule has 0 radical (unpaired) electrons. The first-order chi connectivity index (χ1) is 19.0. The van der Waals surface area contributed by atoms with Crippen molar-refractivity contribution in [2.24, 2.45) is 39.9 Å². The van der Waals surface area contributed by atoms with Gasteiger partial charge in [0.25, 0.3) is 0 Å². The number of Topliss-reactive ketones (excluding diaryl/α,β-unsaturated/α-hetero) is 1. The lowest BCUT2D eigenvalue weighted by Gasteiger charge is -2.66. The number of rotatable bonds is 6. The SMILES string of the molecule is CC(=O)O[C@H]1C[C@@]2(C)[C@@H](CC[C@H]3[C@@]4(C)C=CC(=O)[C@@H](C)[C@@H]4[C@H](OC(C)=O)C(=O)[C@@]32C)/C1=C(\CCC=C(C)C)C(=O)O. The molecule has 0 heterocycles. The van der Waals surface area contributed by atoms with Crippen LogP contribution in [0.5, 0.6) is 0 Å². The van der Waals surface area contributed by atoms with Gasteiger partial charge in [-0.15, -0.1) is 0 Å².